The molecule has 0 aromatic rings. The van der Waals surface area contributed by atoms with Crippen molar-refractivity contribution < 1.29 is 21.3 Å². The number of hydrogen-bond donors (Lipinski definition) is 0. The van der Waals surface area contributed by atoms with Crippen LogP contribution in [0.25, 0.3) is 0 Å². The van der Waals surface area contributed by atoms with Crippen LogP contribution in [0.1, 0.15) is 0 Å². The molecule has 0 heterocycles. The third kappa shape index (κ3) is 64.4. The molecule has 0 aliphatic carbocycles. The van der Waals surface area contributed by atoms with Crippen molar-refractivity contribution in [3.05, 3.63) is 0 Å². The summed E-state index contributed by atoms with van der Waals surface area (Å²) >= 11 is 0. The molecule has 0 N–H and O–H groups in total. The Hall–Kier alpha value is 0.228. The van der Waals surface area contributed by atoms with Crippen molar-refractivity contribution in [3.63, 3.8) is 0 Å². The summed E-state index contributed by atoms with van der Waals surface area (Å²) in [6.07, 6.45) is 0.250. The molecule has 0 saturated heterocycles. The first-order chi connectivity index (χ1) is 1.41. The van der Waals surface area contributed by atoms with Crippen LogP contribution in [0.5, 0.6) is 0 Å². The van der Waals surface area contributed by atoms with Gasteiger partial charge in [-0.25, -0.2) is 0 Å². The maximum Gasteiger partial charge on any atom is 0.162 e. The van der Waals surface area contributed by atoms with Gasteiger partial charge in [-0.1, -0.05) is 0 Å². The molecule has 0 aromatic carbocycles. The van der Waals surface area contributed by atoms with Crippen molar-refractivity contribution in [2.24, 2.45) is 0 Å². The van der Waals surface area contributed by atoms with E-state index in [0.717, 1.165) is 0 Å². The van der Waals surface area contributed by atoms with Crippen LogP contribution in [0.3, 0.4) is 0 Å². The van der Waals surface area contributed by atoms with E-state index in [-0.39, 0.29) is 22.7 Å². The smallest absolute Gasteiger partial charge is 0.162 e. The van der Waals surface area contributed by atoms with Gasteiger partial charge in [-0.3, -0.25) is 0 Å². The van der Waals surface area contributed by atoms with Crippen LogP contribution >= 0.6 is 0 Å². The summed E-state index contributed by atoms with van der Waals surface area (Å²) in [5.74, 6) is 0. The minimum absolute atomic E-state index is 0. The van der Waals surface area contributed by atoms with Crippen molar-refractivity contribution in [1.82, 2.24) is 0 Å². The van der Waals surface area contributed by atoms with E-state index in [4.69, 9.17) is 4.79 Å². The normalized spacial score (nSPS) is 3.00. The topological polar surface area (TPSA) is 17.1 Å². The van der Waals surface area contributed by atoms with Crippen LogP contribution in [0.2, 0.25) is 0 Å². The summed E-state index contributed by atoms with van der Waals surface area (Å²) in [4.78, 5) is 8.58. The fourth-order valence-corrected chi connectivity index (χ4v) is 0. The summed E-state index contributed by atoms with van der Waals surface area (Å²) < 4.78 is 0. The second-order valence-corrected chi connectivity index (χ2v) is 0.136. The predicted molar refractivity (Wildman–Crippen MR) is 12.5 cm³/mol. The summed E-state index contributed by atoms with van der Waals surface area (Å²) in [7, 11) is 4.17. The molecule has 2 radical (unpaired) electrons. The van der Waals surface area contributed by atoms with Gasteiger partial charge in [-0.15, -0.1) is 0 Å². The van der Waals surface area contributed by atoms with Crippen LogP contribution in [0.4, 0.5) is 0 Å². The Bertz CT molecular complexity index is 15.5. The largest absolute Gasteiger partial charge is 0.316 e. The molecular weight excluding hydrogens is 97.5 g/mol. The molecule has 0 spiro atoms. The third-order valence-electron chi connectivity index (χ3n) is 0. The van der Waals surface area contributed by atoms with Gasteiger partial charge in [-0.2, -0.15) is 0 Å². The molecule has 0 unspecified atom stereocenters. The minimum atomic E-state index is 0. The van der Waals surface area contributed by atoms with E-state index in [1.165, 1.54) is 0 Å². The maximum atomic E-state index is 8.58. The Kier molecular flexibility index (Phi) is 23.6. The number of rotatable bonds is 0. The van der Waals surface area contributed by atoms with E-state index in [2.05, 4.69) is 7.85 Å². The number of carbonyl (C=O) groups excluding carboxylic acids is 1. The third-order valence-corrected chi connectivity index (χ3v) is 0. The number of carbonyl (C=O) groups is 1. The van der Waals surface area contributed by atoms with E-state index in [9.17, 15) is 0 Å². The van der Waals surface area contributed by atoms with Crippen LogP contribution in [0.15, 0.2) is 0 Å². The monoisotopic (exact) mass is 97.9 g/mol. The van der Waals surface area contributed by atoms with Gasteiger partial charge in [0.1, 0.15) is 0 Å². The van der Waals surface area contributed by atoms with Gasteiger partial charge in [0.2, 0.25) is 0 Å². The molecule has 24 valence electrons. The second-order valence-electron chi connectivity index (χ2n) is 0.136. The minimum Gasteiger partial charge on any atom is -0.316 e. The zero-order valence-corrected chi connectivity index (χ0v) is 2.87. The van der Waals surface area contributed by atoms with Crippen LogP contribution in [-0.4, -0.2) is 14.0 Å². The van der Waals surface area contributed by atoms with Crippen LogP contribution in [-0.2, 0) is 21.3 Å². The van der Waals surface area contributed by atoms with E-state index >= 15 is 0 Å². The van der Waals surface area contributed by atoms with Crippen molar-refractivity contribution in [2.45, 2.75) is 0 Å². The molecule has 0 aliphatic rings. The van der Waals surface area contributed by atoms with E-state index in [1.807, 2.05) is 0 Å². The van der Waals surface area contributed by atoms with Gasteiger partial charge >= 0.3 is 0 Å². The molecular formula is CHBNiO. The Balaban J connectivity index is 0. The van der Waals surface area contributed by atoms with Gasteiger partial charge in [0.05, 0.1) is 6.19 Å². The molecule has 0 fully saturated rings. The summed E-state index contributed by atoms with van der Waals surface area (Å²) in [5, 5.41) is 0. The molecule has 0 bridgehead atoms. The van der Waals surface area contributed by atoms with Crippen molar-refractivity contribution in [1.29, 1.82) is 0 Å². The molecule has 4 heavy (non-hydrogen) atoms. The van der Waals surface area contributed by atoms with Crippen LogP contribution < -0.4 is 0 Å². The Morgan fingerprint density at radius 3 is 1.75 bits per heavy atom. The summed E-state index contributed by atoms with van der Waals surface area (Å²) in [6.45, 7) is 0. The number of hydrogen-bond acceptors (Lipinski definition) is 1. The first-order valence-electron chi connectivity index (χ1n) is 0.569. The average Bonchev–Trinajstić information content (AvgIpc) is 0.918. The molecule has 0 atom stereocenters. The van der Waals surface area contributed by atoms with Gasteiger partial charge < -0.3 is 4.79 Å². The standard InChI is InChI=1S/CHBO.Ni/c2-1-3;/h1H;. The van der Waals surface area contributed by atoms with E-state index in [1.54, 1.807) is 0 Å². The van der Waals surface area contributed by atoms with Gasteiger partial charge in [0.15, 0.2) is 7.85 Å². The Morgan fingerprint density at radius 1 is 1.75 bits per heavy atom. The maximum absolute atomic E-state index is 8.58. The zero-order chi connectivity index (χ0) is 2.71. The van der Waals surface area contributed by atoms with Gasteiger partial charge in [0, 0.05) is 16.5 Å². The molecule has 0 rings (SSSR count). The molecule has 0 aromatic heterocycles. The fraction of sp³-hybridized carbons (Fsp3) is 0. The van der Waals surface area contributed by atoms with E-state index < -0.39 is 0 Å². The van der Waals surface area contributed by atoms with Gasteiger partial charge in [-0.05, 0) is 0 Å². The molecule has 0 amide bonds. The molecule has 3 heteroatoms. The average molecular weight is 98.5 g/mol. The predicted octanol–water partition coefficient (Wildman–Crippen LogP) is -0.657. The molecule has 0 aliphatic heterocycles. The summed E-state index contributed by atoms with van der Waals surface area (Å²) in [5.41, 5.74) is 0. The van der Waals surface area contributed by atoms with E-state index in [0.29, 0.717) is 0 Å². The fourth-order valence-electron chi connectivity index (χ4n) is 0. The quantitative estimate of drug-likeness (QED) is 0.291. The van der Waals surface area contributed by atoms with Crippen LogP contribution in [0, 0.1) is 0 Å². The van der Waals surface area contributed by atoms with Crippen molar-refractivity contribution in [2.75, 3.05) is 0 Å². The van der Waals surface area contributed by atoms with Crippen molar-refractivity contribution in [3.8, 4) is 0 Å². The molecule has 1 nitrogen and oxygen atoms in total. The SMILES string of the molecule is [B]C=O.[Ni]. The Morgan fingerprint density at radius 2 is 1.75 bits per heavy atom. The second kappa shape index (κ2) is 10.6. The first kappa shape index (κ1) is 8.87. The molecule has 0 saturated carbocycles. The Labute approximate surface area is 36.1 Å². The van der Waals surface area contributed by atoms with Gasteiger partial charge in [0.25, 0.3) is 0 Å². The summed E-state index contributed by atoms with van der Waals surface area (Å²) in [6, 6.07) is 0. The first-order valence-corrected chi connectivity index (χ1v) is 0.569. The van der Waals surface area contributed by atoms with Crippen molar-refractivity contribution >= 4 is 14.0 Å². The zero-order valence-electron chi connectivity index (χ0n) is 1.88.